The van der Waals surface area contributed by atoms with E-state index in [4.69, 9.17) is 10.5 Å². The second kappa shape index (κ2) is 9.91. The maximum atomic E-state index is 13.0. The van der Waals surface area contributed by atoms with Crippen molar-refractivity contribution in [2.75, 3.05) is 0 Å². The number of hydrogen-bond acceptors (Lipinski definition) is 5. The third-order valence-electron chi connectivity index (χ3n) is 4.28. The lowest BCUT2D eigenvalue weighted by atomic mass is 10.0. The van der Waals surface area contributed by atoms with E-state index in [-0.39, 0.29) is 12.8 Å². The van der Waals surface area contributed by atoms with Gasteiger partial charge in [0.2, 0.25) is 11.8 Å². The van der Waals surface area contributed by atoms with E-state index in [0.717, 1.165) is 11.3 Å². The number of nitrogens with two attached hydrogens (primary N) is 1. The van der Waals surface area contributed by atoms with E-state index < -0.39 is 35.6 Å². The number of carbonyl (C=O) groups is 3. The van der Waals surface area contributed by atoms with Crippen molar-refractivity contribution in [2.45, 2.75) is 51.3 Å². The molecule has 0 aliphatic carbocycles. The van der Waals surface area contributed by atoms with Gasteiger partial charge in [-0.3, -0.25) is 9.59 Å². The largest absolute Gasteiger partial charge is 0.444 e. The predicted molar refractivity (Wildman–Crippen MR) is 111 cm³/mol. The molecule has 30 heavy (non-hydrogen) atoms. The van der Waals surface area contributed by atoms with E-state index >= 15 is 0 Å². The number of aromatic nitrogens is 2. The Kier molecular flexibility index (Phi) is 7.57. The number of hydrogen-bond donors (Lipinski definition) is 3. The Hall–Kier alpha value is -3.36. The van der Waals surface area contributed by atoms with Crippen LogP contribution in [0.4, 0.5) is 4.79 Å². The third-order valence-corrected chi connectivity index (χ3v) is 4.28. The highest BCUT2D eigenvalue weighted by atomic mass is 16.6. The molecule has 1 heterocycles. The Morgan fingerprint density at radius 1 is 1.10 bits per heavy atom. The number of nitrogens with zero attached hydrogens (tertiary/aromatic N) is 2. The Morgan fingerprint density at radius 2 is 1.77 bits per heavy atom. The second-order valence-electron chi connectivity index (χ2n) is 8.05. The fraction of sp³-hybridized carbons (Fsp3) is 0.429. The number of alkyl carbamates (subject to hydrolysis) is 1. The van der Waals surface area contributed by atoms with E-state index in [2.05, 4.69) is 15.6 Å². The van der Waals surface area contributed by atoms with Gasteiger partial charge in [0.25, 0.3) is 0 Å². The van der Waals surface area contributed by atoms with Crippen molar-refractivity contribution in [3.8, 4) is 0 Å². The van der Waals surface area contributed by atoms with Crippen LogP contribution in [0.25, 0.3) is 0 Å². The smallest absolute Gasteiger partial charge is 0.408 e. The van der Waals surface area contributed by atoms with Crippen molar-refractivity contribution in [2.24, 2.45) is 12.8 Å². The summed E-state index contributed by atoms with van der Waals surface area (Å²) < 4.78 is 7.01. The molecule has 0 aliphatic rings. The molecule has 0 saturated carbocycles. The van der Waals surface area contributed by atoms with Gasteiger partial charge in [0.15, 0.2) is 0 Å². The van der Waals surface area contributed by atoms with Crippen molar-refractivity contribution in [1.29, 1.82) is 0 Å². The number of nitrogens with one attached hydrogen (secondary N) is 2. The van der Waals surface area contributed by atoms with Crippen LogP contribution in [0, 0.1) is 0 Å². The van der Waals surface area contributed by atoms with E-state index in [1.165, 1.54) is 0 Å². The molecule has 0 saturated heterocycles. The summed E-state index contributed by atoms with van der Waals surface area (Å²) in [6.07, 6.45) is 2.88. The molecule has 0 bridgehead atoms. The van der Waals surface area contributed by atoms with Gasteiger partial charge in [-0.15, -0.1) is 0 Å². The van der Waals surface area contributed by atoms with E-state index in [1.54, 1.807) is 44.9 Å². The highest BCUT2D eigenvalue weighted by Gasteiger charge is 2.28. The first-order valence-electron chi connectivity index (χ1n) is 9.63. The number of ether oxygens (including phenoxy) is 1. The zero-order valence-electron chi connectivity index (χ0n) is 17.7. The zero-order chi connectivity index (χ0) is 22.3. The van der Waals surface area contributed by atoms with Crippen molar-refractivity contribution >= 4 is 17.9 Å². The Bertz CT molecular complexity index is 873. The summed E-state index contributed by atoms with van der Waals surface area (Å²) in [5, 5.41) is 5.24. The van der Waals surface area contributed by atoms with E-state index in [0.29, 0.717) is 0 Å². The molecule has 9 heteroatoms. The van der Waals surface area contributed by atoms with Crippen molar-refractivity contribution in [3.63, 3.8) is 0 Å². The van der Waals surface area contributed by atoms with Crippen LogP contribution in [0.15, 0.2) is 42.9 Å². The molecule has 1 aromatic carbocycles. The highest BCUT2D eigenvalue weighted by Crippen LogP contribution is 2.09. The normalized spacial score (nSPS) is 13.2. The van der Waals surface area contributed by atoms with Gasteiger partial charge in [-0.2, -0.15) is 0 Å². The van der Waals surface area contributed by atoms with Crippen LogP contribution in [-0.2, 0) is 34.2 Å². The van der Waals surface area contributed by atoms with Gasteiger partial charge >= 0.3 is 6.09 Å². The Labute approximate surface area is 176 Å². The van der Waals surface area contributed by atoms with Crippen LogP contribution in [0.5, 0.6) is 0 Å². The Balaban J connectivity index is 2.15. The van der Waals surface area contributed by atoms with E-state index in [1.807, 2.05) is 30.3 Å². The minimum atomic E-state index is -0.952. The van der Waals surface area contributed by atoms with Gasteiger partial charge in [0.05, 0.1) is 6.33 Å². The SMILES string of the molecule is Cn1cncc1C[C@H](NC(=O)[C@H](Cc1ccccc1)NC(=O)OC(C)(C)C)C(N)=O. The summed E-state index contributed by atoms with van der Waals surface area (Å²) in [6.45, 7) is 5.20. The number of primary amides is 1. The van der Waals surface area contributed by atoms with Crippen LogP contribution in [0.3, 0.4) is 0 Å². The first kappa shape index (κ1) is 22.9. The molecule has 2 aromatic rings. The molecule has 0 spiro atoms. The van der Waals surface area contributed by atoms with Gasteiger partial charge in [0.1, 0.15) is 17.7 Å². The molecule has 2 rings (SSSR count). The third kappa shape index (κ3) is 7.23. The lowest BCUT2D eigenvalue weighted by molar-refractivity contribution is -0.128. The molecule has 0 radical (unpaired) electrons. The van der Waals surface area contributed by atoms with Crippen molar-refractivity contribution in [3.05, 3.63) is 54.1 Å². The molecule has 0 fully saturated rings. The molecule has 162 valence electrons. The van der Waals surface area contributed by atoms with Gasteiger partial charge in [-0.25, -0.2) is 9.78 Å². The molecule has 9 nitrogen and oxygen atoms in total. The van der Waals surface area contributed by atoms with Gasteiger partial charge < -0.3 is 25.7 Å². The summed E-state index contributed by atoms with van der Waals surface area (Å²) in [5.74, 6) is -1.21. The molecular formula is C21H29N5O4. The summed E-state index contributed by atoms with van der Waals surface area (Å²) in [7, 11) is 1.78. The van der Waals surface area contributed by atoms with Crippen molar-refractivity contribution in [1.82, 2.24) is 20.2 Å². The Morgan fingerprint density at radius 3 is 2.30 bits per heavy atom. The first-order chi connectivity index (χ1) is 14.0. The number of aryl methyl sites for hydroxylation is 1. The van der Waals surface area contributed by atoms with Crippen LogP contribution in [0.1, 0.15) is 32.0 Å². The molecule has 1 aromatic heterocycles. The number of benzene rings is 1. The van der Waals surface area contributed by atoms with Crippen molar-refractivity contribution < 1.29 is 19.1 Å². The number of imidazole rings is 1. The molecule has 3 amide bonds. The maximum Gasteiger partial charge on any atom is 0.408 e. The lowest BCUT2D eigenvalue weighted by Gasteiger charge is -2.25. The molecule has 4 N–H and O–H groups in total. The minimum Gasteiger partial charge on any atom is -0.444 e. The average Bonchev–Trinajstić information content (AvgIpc) is 3.04. The van der Waals surface area contributed by atoms with Crippen LogP contribution in [0.2, 0.25) is 0 Å². The van der Waals surface area contributed by atoms with Gasteiger partial charge in [-0.05, 0) is 26.3 Å². The van der Waals surface area contributed by atoms with Crippen LogP contribution in [-0.4, -0.2) is 45.1 Å². The summed E-state index contributed by atoms with van der Waals surface area (Å²) in [5.41, 5.74) is 6.36. The molecule has 2 atom stereocenters. The van der Waals surface area contributed by atoms with Gasteiger partial charge in [0, 0.05) is 31.8 Å². The standard InChI is InChI=1S/C21H29N5O4/c1-21(2,3)30-20(29)25-17(10-14-8-6-5-7-9-14)19(28)24-16(18(22)27)11-15-12-23-13-26(15)4/h5-9,12-13,16-17H,10-11H2,1-4H3,(H2,22,27)(H,24,28)(H,25,29)/t16-,17-/m0/s1. The zero-order valence-corrected chi connectivity index (χ0v) is 17.7. The minimum absolute atomic E-state index is 0.183. The molecular weight excluding hydrogens is 386 g/mol. The highest BCUT2D eigenvalue weighted by molar-refractivity contribution is 5.91. The number of carbonyl (C=O) groups excluding carboxylic acids is 3. The number of amides is 3. The fourth-order valence-corrected chi connectivity index (χ4v) is 2.79. The monoisotopic (exact) mass is 415 g/mol. The number of rotatable bonds is 8. The van der Waals surface area contributed by atoms with Crippen LogP contribution >= 0.6 is 0 Å². The summed E-state index contributed by atoms with van der Waals surface area (Å²) in [4.78, 5) is 41.2. The topological polar surface area (TPSA) is 128 Å². The predicted octanol–water partition coefficient (Wildman–Crippen LogP) is 1.07. The molecule has 0 aliphatic heterocycles. The van der Waals surface area contributed by atoms with Gasteiger partial charge in [-0.1, -0.05) is 30.3 Å². The van der Waals surface area contributed by atoms with E-state index in [9.17, 15) is 14.4 Å². The molecule has 0 unspecified atom stereocenters. The summed E-state index contributed by atoms with van der Waals surface area (Å²) in [6, 6.07) is 7.33. The maximum absolute atomic E-state index is 13.0. The van der Waals surface area contributed by atoms with Crippen LogP contribution < -0.4 is 16.4 Å². The fourth-order valence-electron chi connectivity index (χ4n) is 2.79. The first-order valence-corrected chi connectivity index (χ1v) is 9.63. The second-order valence-corrected chi connectivity index (χ2v) is 8.05. The lowest BCUT2D eigenvalue weighted by Crippen LogP contribution is -2.55. The quantitative estimate of drug-likeness (QED) is 0.594. The summed E-state index contributed by atoms with van der Waals surface area (Å²) >= 11 is 0. The average molecular weight is 415 g/mol.